The fourth-order valence-electron chi connectivity index (χ4n) is 1.85. The first-order valence-electron chi connectivity index (χ1n) is 6.14. The molecule has 1 aliphatic heterocycles. The summed E-state index contributed by atoms with van der Waals surface area (Å²) in [6.07, 6.45) is 0.275. The van der Waals surface area contributed by atoms with E-state index in [2.05, 4.69) is 16.2 Å². The summed E-state index contributed by atoms with van der Waals surface area (Å²) in [6, 6.07) is 6.89. The Morgan fingerprint density at radius 1 is 1.20 bits per heavy atom. The molecule has 3 N–H and O–H groups in total. The second kappa shape index (κ2) is 6.05. The van der Waals surface area contributed by atoms with Gasteiger partial charge in [0, 0.05) is 12.1 Å². The molecule has 1 aliphatic rings. The van der Waals surface area contributed by atoms with Crippen molar-refractivity contribution in [2.45, 2.75) is 12.8 Å². The fraction of sp³-hybridized carbons (Fsp3) is 0.308. The summed E-state index contributed by atoms with van der Waals surface area (Å²) in [5.41, 5.74) is 5.08. The number of methoxy groups -OCH3 is 1. The van der Waals surface area contributed by atoms with Gasteiger partial charge in [-0.15, -0.1) is 0 Å². The number of nitrogens with one attached hydrogen (secondary N) is 3. The second-order valence-electron chi connectivity index (χ2n) is 4.35. The van der Waals surface area contributed by atoms with Crippen LogP contribution in [-0.4, -0.2) is 24.8 Å². The highest BCUT2D eigenvalue weighted by Crippen LogP contribution is 2.16. The van der Waals surface area contributed by atoms with Crippen molar-refractivity contribution in [2.24, 2.45) is 5.92 Å². The Hall–Kier alpha value is -2.57. The fourth-order valence-corrected chi connectivity index (χ4v) is 1.85. The van der Waals surface area contributed by atoms with Crippen molar-refractivity contribution in [3.63, 3.8) is 0 Å². The maximum absolute atomic E-state index is 11.7. The van der Waals surface area contributed by atoms with E-state index in [-0.39, 0.29) is 18.7 Å². The zero-order chi connectivity index (χ0) is 14.5. The topological polar surface area (TPSA) is 96.5 Å². The van der Waals surface area contributed by atoms with Gasteiger partial charge in [0.2, 0.25) is 5.91 Å². The molecule has 0 aliphatic carbocycles. The smallest absolute Gasteiger partial charge is 0.251 e. The summed E-state index contributed by atoms with van der Waals surface area (Å²) >= 11 is 0. The van der Waals surface area contributed by atoms with Crippen LogP contribution in [0.1, 0.15) is 12.8 Å². The van der Waals surface area contributed by atoms with E-state index in [1.807, 2.05) is 0 Å². The van der Waals surface area contributed by atoms with Crippen molar-refractivity contribution in [3.05, 3.63) is 24.3 Å². The first-order valence-corrected chi connectivity index (χ1v) is 6.14. The van der Waals surface area contributed by atoms with Gasteiger partial charge in [-0.2, -0.15) is 0 Å². The molecule has 0 saturated carbocycles. The van der Waals surface area contributed by atoms with E-state index < -0.39 is 17.7 Å². The van der Waals surface area contributed by atoms with Crippen LogP contribution < -0.4 is 20.9 Å². The Kier molecular flexibility index (Phi) is 4.19. The lowest BCUT2D eigenvalue weighted by Crippen LogP contribution is -2.28. The van der Waals surface area contributed by atoms with Gasteiger partial charge in [0.25, 0.3) is 11.8 Å². The second-order valence-corrected chi connectivity index (χ2v) is 4.35. The highest BCUT2D eigenvalue weighted by Gasteiger charge is 2.32. The Labute approximate surface area is 115 Å². The third-order valence-electron chi connectivity index (χ3n) is 2.98. The molecule has 0 bridgehead atoms. The highest BCUT2D eigenvalue weighted by atomic mass is 16.5. The van der Waals surface area contributed by atoms with Crippen LogP contribution in [0.4, 0.5) is 5.69 Å². The Balaban J connectivity index is 1.83. The minimum atomic E-state index is -0.795. The average molecular weight is 277 g/mol. The molecule has 7 nitrogen and oxygen atoms in total. The lowest BCUT2D eigenvalue weighted by Gasteiger charge is -2.07. The van der Waals surface area contributed by atoms with E-state index in [1.54, 1.807) is 31.4 Å². The van der Waals surface area contributed by atoms with Gasteiger partial charge in [-0.25, -0.2) is 0 Å². The van der Waals surface area contributed by atoms with E-state index >= 15 is 0 Å². The number of hydrogen-bond acceptors (Lipinski definition) is 4. The monoisotopic (exact) mass is 277 g/mol. The minimum Gasteiger partial charge on any atom is -0.497 e. The molecule has 1 aromatic rings. The zero-order valence-electron chi connectivity index (χ0n) is 10.9. The van der Waals surface area contributed by atoms with Gasteiger partial charge in [0.15, 0.2) is 0 Å². The summed E-state index contributed by atoms with van der Waals surface area (Å²) in [5.74, 6) is -1.14. The number of benzene rings is 1. The quantitative estimate of drug-likeness (QED) is 0.669. The zero-order valence-corrected chi connectivity index (χ0v) is 10.9. The van der Waals surface area contributed by atoms with Gasteiger partial charge >= 0.3 is 0 Å². The van der Waals surface area contributed by atoms with Crippen molar-refractivity contribution < 1.29 is 19.1 Å². The van der Waals surface area contributed by atoms with E-state index in [4.69, 9.17) is 4.74 Å². The van der Waals surface area contributed by atoms with E-state index in [0.29, 0.717) is 11.4 Å². The molecule has 1 saturated heterocycles. The van der Waals surface area contributed by atoms with Crippen molar-refractivity contribution in [1.29, 1.82) is 0 Å². The van der Waals surface area contributed by atoms with Gasteiger partial charge in [0.05, 0.1) is 7.11 Å². The summed E-state index contributed by atoms with van der Waals surface area (Å²) in [6.45, 7) is 0. The molecular weight excluding hydrogens is 262 g/mol. The standard InChI is InChI=1S/C13H15N3O4/c1-20-9-4-2-8(3-5-9)14-11(17)7-6-10-12(18)15-16-13(10)19/h2-5,10H,6-7H2,1H3,(H,14,17)(H,15,18)(H,16,19). The maximum Gasteiger partial charge on any atom is 0.251 e. The van der Waals surface area contributed by atoms with Crippen LogP contribution in [0.25, 0.3) is 0 Å². The van der Waals surface area contributed by atoms with Crippen LogP contribution in [-0.2, 0) is 14.4 Å². The molecule has 0 spiro atoms. The number of ether oxygens (including phenoxy) is 1. The van der Waals surface area contributed by atoms with E-state index in [1.165, 1.54) is 0 Å². The summed E-state index contributed by atoms with van der Waals surface area (Å²) < 4.78 is 5.01. The van der Waals surface area contributed by atoms with Crippen LogP contribution in [0, 0.1) is 5.92 Å². The molecule has 3 amide bonds. The van der Waals surface area contributed by atoms with Gasteiger partial charge in [-0.3, -0.25) is 25.2 Å². The largest absolute Gasteiger partial charge is 0.497 e. The number of hydrogen-bond donors (Lipinski definition) is 3. The number of anilines is 1. The first-order chi connectivity index (χ1) is 9.60. The molecule has 7 heteroatoms. The molecular formula is C13H15N3O4. The normalized spacial score (nSPS) is 14.7. The number of hydrazine groups is 1. The molecule has 1 aromatic carbocycles. The molecule has 0 aromatic heterocycles. The molecule has 2 rings (SSSR count). The van der Waals surface area contributed by atoms with Gasteiger partial charge in [-0.05, 0) is 30.7 Å². The SMILES string of the molecule is COc1ccc(NC(=O)CCC2C(=O)NNC2=O)cc1. The summed E-state index contributed by atoms with van der Waals surface area (Å²) in [7, 11) is 1.56. The highest BCUT2D eigenvalue weighted by molar-refractivity contribution is 6.05. The third-order valence-corrected chi connectivity index (χ3v) is 2.98. The predicted octanol–water partition coefficient (Wildman–Crippen LogP) is 0.191. The Bertz CT molecular complexity index is 511. The number of amides is 3. The first kappa shape index (κ1) is 13.9. The Morgan fingerprint density at radius 2 is 1.80 bits per heavy atom. The van der Waals surface area contributed by atoms with Crippen molar-refractivity contribution in [1.82, 2.24) is 10.9 Å². The maximum atomic E-state index is 11.7. The lowest BCUT2D eigenvalue weighted by atomic mass is 10.0. The van der Waals surface area contributed by atoms with Gasteiger partial charge in [0.1, 0.15) is 11.7 Å². The van der Waals surface area contributed by atoms with Crippen LogP contribution in [0.3, 0.4) is 0 Å². The van der Waals surface area contributed by atoms with Crippen LogP contribution in [0.2, 0.25) is 0 Å². The van der Waals surface area contributed by atoms with Crippen molar-refractivity contribution >= 4 is 23.4 Å². The predicted molar refractivity (Wildman–Crippen MR) is 70.6 cm³/mol. The number of carbonyl (C=O) groups excluding carboxylic acids is 3. The number of rotatable bonds is 5. The van der Waals surface area contributed by atoms with Gasteiger partial charge < -0.3 is 10.1 Å². The molecule has 1 heterocycles. The summed E-state index contributed by atoms with van der Waals surface area (Å²) in [4.78, 5) is 34.3. The van der Waals surface area contributed by atoms with Crippen LogP contribution >= 0.6 is 0 Å². The van der Waals surface area contributed by atoms with Crippen molar-refractivity contribution in [2.75, 3.05) is 12.4 Å². The van der Waals surface area contributed by atoms with E-state index in [9.17, 15) is 14.4 Å². The number of carbonyl (C=O) groups is 3. The molecule has 0 atom stereocenters. The average Bonchev–Trinajstić information content (AvgIpc) is 2.77. The van der Waals surface area contributed by atoms with Crippen molar-refractivity contribution in [3.8, 4) is 5.75 Å². The summed E-state index contributed by atoms with van der Waals surface area (Å²) in [5, 5.41) is 2.69. The lowest BCUT2D eigenvalue weighted by molar-refractivity contribution is -0.128. The molecule has 0 radical (unpaired) electrons. The molecule has 20 heavy (non-hydrogen) atoms. The van der Waals surface area contributed by atoms with Crippen LogP contribution in [0.5, 0.6) is 5.75 Å². The molecule has 0 unspecified atom stereocenters. The van der Waals surface area contributed by atoms with E-state index in [0.717, 1.165) is 0 Å². The third kappa shape index (κ3) is 3.25. The van der Waals surface area contributed by atoms with Crippen LogP contribution in [0.15, 0.2) is 24.3 Å². The molecule has 106 valence electrons. The minimum absolute atomic E-state index is 0.0948. The Morgan fingerprint density at radius 3 is 2.35 bits per heavy atom. The molecule has 1 fully saturated rings. The van der Waals surface area contributed by atoms with Gasteiger partial charge in [-0.1, -0.05) is 0 Å².